The van der Waals surface area contributed by atoms with E-state index in [1.165, 1.54) is 6.92 Å². The van der Waals surface area contributed by atoms with Crippen molar-refractivity contribution in [3.63, 3.8) is 0 Å². The molecule has 162 valence electrons. The highest BCUT2D eigenvalue weighted by atomic mass is 32.2. The second-order valence-corrected chi connectivity index (χ2v) is 7.89. The predicted molar refractivity (Wildman–Crippen MR) is 105 cm³/mol. The Kier molecular flexibility index (Phi) is 7.29. The minimum Gasteiger partial charge on any atom is -0.437 e. The zero-order chi connectivity index (χ0) is 22.5. The van der Waals surface area contributed by atoms with Crippen molar-refractivity contribution in [2.24, 2.45) is 0 Å². The third-order valence-electron chi connectivity index (χ3n) is 4.12. The van der Waals surface area contributed by atoms with Crippen LogP contribution in [0.3, 0.4) is 0 Å². The second-order valence-electron chi connectivity index (χ2n) is 6.32. The van der Waals surface area contributed by atoms with E-state index in [2.05, 4.69) is 9.72 Å². The number of carbonyl (C=O) groups is 2. The molecule has 11 nitrogen and oxygen atoms in total. The molecule has 0 fully saturated rings. The molecule has 0 saturated heterocycles. The summed E-state index contributed by atoms with van der Waals surface area (Å²) in [5, 5.41) is 0. The zero-order valence-electron chi connectivity index (χ0n) is 16.2. The van der Waals surface area contributed by atoms with Crippen LogP contribution in [0.25, 0.3) is 0 Å². The fourth-order valence-electron chi connectivity index (χ4n) is 2.63. The van der Waals surface area contributed by atoms with E-state index in [1.807, 2.05) is 0 Å². The smallest absolute Gasteiger partial charge is 0.437 e. The average Bonchev–Trinajstić information content (AvgIpc) is 2.66. The van der Waals surface area contributed by atoms with Gasteiger partial charge in [-0.3, -0.25) is 23.7 Å². The number of carbonyl (C=O) groups excluding carboxylic acids is 2. The molecule has 30 heavy (non-hydrogen) atoms. The van der Waals surface area contributed by atoms with Gasteiger partial charge in [-0.05, 0) is 18.9 Å². The van der Waals surface area contributed by atoms with Crippen LogP contribution in [-0.4, -0.2) is 47.3 Å². The summed E-state index contributed by atoms with van der Waals surface area (Å²) in [5.74, 6) is -1.18. The first-order valence-electron chi connectivity index (χ1n) is 8.68. The lowest BCUT2D eigenvalue weighted by Gasteiger charge is -2.12. The number of hydrogen-bond acceptors (Lipinski definition) is 8. The number of Topliss-reactive ketones (excluding diaryl/α,β-unsaturated/α-hetero) is 1. The van der Waals surface area contributed by atoms with Crippen molar-refractivity contribution < 1.29 is 32.0 Å². The van der Waals surface area contributed by atoms with E-state index in [0.717, 1.165) is 11.7 Å². The third-order valence-corrected chi connectivity index (χ3v) is 4.93. The first-order valence-corrected chi connectivity index (χ1v) is 10.3. The van der Waals surface area contributed by atoms with Gasteiger partial charge in [0.05, 0.1) is 18.4 Å². The van der Waals surface area contributed by atoms with Gasteiger partial charge < -0.3 is 9.47 Å². The molecule has 0 amide bonds. The van der Waals surface area contributed by atoms with Gasteiger partial charge in [-0.2, -0.15) is 8.42 Å². The number of H-pyrrole nitrogens is 1. The van der Waals surface area contributed by atoms with Crippen LogP contribution in [0.1, 0.15) is 34.8 Å². The lowest BCUT2D eigenvalue weighted by atomic mass is 10.0. The van der Waals surface area contributed by atoms with E-state index in [4.69, 9.17) is 9.29 Å². The number of aromatic amines is 1. The van der Waals surface area contributed by atoms with Crippen molar-refractivity contribution in [3.05, 3.63) is 61.8 Å². The summed E-state index contributed by atoms with van der Waals surface area (Å²) in [7, 11) is -3.21. The van der Waals surface area contributed by atoms with Gasteiger partial charge in [0.2, 0.25) is 5.88 Å². The molecule has 1 aromatic carbocycles. The van der Waals surface area contributed by atoms with Crippen LogP contribution in [0.2, 0.25) is 0 Å². The summed E-state index contributed by atoms with van der Waals surface area (Å²) in [6.07, 6.45) is -1.40. The second kappa shape index (κ2) is 9.50. The average molecular weight is 440 g/mol. The van der Waals surface area contributed by atoms with Crippen LogP contribution >= 0.6 is 0 Å². The first-order chi connectivity index (χ1) is 14.0. The lowest BCUT2D eigenvalue weighted by molar-refractivity contribution is 0.101. The standard InChI is InChI=1S/C18H20N2O9S/c1-11(21)13-6-4-12(5-7-13)10-14-15(29-18(24)28-2)19-17(23)20(16(14)22)8-3-9-30(25,26)27/h4-7H,3,8-10H2,1-2H3,(H,19,23)(H,25,26,27). The van der Waals surface area contributed by atoms with Crippen LogP contribution in [-0.2, 0) is 27.8 Å². The van der Waals surface area contributed by atoms with Crippen molar-refractivity contribution in [3.8, 4) is 5.88 Å². The van der Waals surface area contributed by atoms with Crippen molar-refractivity contribution in [2.75, 3.05) is 12.9 Å². The summed E-state index contributed by atoms with van der Waals surface area (Å²) in [5.41, 5.74) is -0.756. The number of benzene rings is 1. The van der Waals surface area contributed by atoms with Gasteiger partial charge in [0, 0.05) is 18.5 Å². The summed E-state index contributed by atoms with van der Waals surface area (Å²) in [4.78, 5) is 50.3. The SMILES string of the molecule is COC(=O)Oc1[nH]c(=O)n(CCCS(=O)(=O)O)c(=O)c1Cc1ccc(C(C)=O)cc1. The summed E-state index contributed by atoms with van der Waals surface area (Å²) in [6.45, 7) is 1.12. The number of methoxy groups -OCH3 is 1. The number of aromatic nitrogens is 2. The molecule has 0 bridgehead atoms. The molecule has 0 unspecified atom stereocenters. The minimum atomic E-state index is -4.26. The Hall–Kier alpha value is -3.25. The highest BCUT2D eigenvalue weighted by Gasteiger charge is 2.19. The molecule has 1 heterocycles. The van der Waals surface area contributed by atoms with Gasteiger partial charge in [0.15, 0.2) is 5.78 Å². The Balaban J connectivity index is 2.46. The van der Waals surface area contributed by atoms with Crippen LogP contribution in [0.15, 0.2) is 33.9 Å². The monoisotopic (exact) mass is 440 g/mol. The Labute approximate surface area is 171 Å². The normalized spacial score (nSPS) is 11.2. The molecule has 12 heteroatoms. The van der Waals surface area contributed by atoms with Crippen LogP contribution in [0.4, 0.5) is 4.79 Å². The van der Waals surface area contributed by atoms with Gasteiger partial charge in [0.1, 0.15) is 0 Å². The highest BCUT2D eigenvalue weighted by Crippen LogP contribution is 2.16. The maximum atomic E-state index is 12.9. The molecule has 0 aliphatic carbocycles. The van der Waals surface area contributed by atoms with E-state index >= 15 is 0 Å². The van der Waals surface area contributed by atoms with Gasteiger partial charge in [-0.25, -0.2) is 9.59 Å². The Morgan fingerprint density at radius 1 is 1.17 bits per heavy atom. The summed E-state index contributed by atoms with van der Waals surface area (Å²) < 4.78 is 40.6. The fraction of sp³-hybridized carbons (Fsp3) is 0.333. The number of nitrogens with one attached hydrogen (secondary N) is 1. The molecule has 2 rings (SSSR count). The number of ether oxygens (including phenoxy) is 2. The van der Waals surface area contributed by atoms with Gasteiger partial charge >= 0.3 is 11.8 Å². The van der Waals surface area contributed by atoms with Crippen molar-refractivity contribution >= 4 is 22.1 Å². The molecule has 0 saturated carbocycles. The Morgan fingerprint density at radius 2 is 1.80 bits per heavy atom. The molecule has 0 aliphatic rings. The molecular weight excluding hydrogens is 420 g/mol. The summed E-state index contributed by atoms with van der Waals surface area (Å²) >= 11 is 0. The van der Waals surface area contributed by atoms with E-state index < -0.39 is 39.2 Å². The Bertz CT molecular complexity index is 1160. The van der Waals surface area contributed by atoms with Crippen molar-refractivity contribution in [1.29, 1.82) is 0 Å². The van der Waals surface area contributed by atoms with E-state index in [-0.39, 0.29) is 30.7 Å². The minimum absolute atomic E-state index is 0.0571. The largest absolute Gasteiger partial charge is 0.514 e. The van der Waals surface area contributed by atoms with E-state index in [0.29, 0.717) is 11.1 Å². The maximum Gasteiger partial charge on any atom is 0.514 e. The van der Waals surface area contributed by atoms with Gasteiger partial charge in [-0.15, -0.1) is 0 Å². The molecule has 2 N–H and O–H groups in total. The van der Waals surface area contributed by atoms with E-state index in [9.17, 15) is 27.6 Å². The number of nitrogens with zero attached hydrogens (tertiary/aromatic N) is 1. The predicted octanol–water partition coefficient (Wildman–Crippen LogP) is 0.753. The van der Waals surface area contributed by atoms with Crippen LogP contribution in [0, 0.1) is 0 Å². The number of hydrogen-bond donors (Lipinski definition) is 2. The van der Waals surface area contributed by atoms with Crippen molar-refractivity contribution in [1.82, 2.24) is 9.55 Å². The van der Waals surface area contributed by atoms with Crippen LogP contribution < -0.4 is 16.0 Å². The Morgan fingerprint density at radius 3 is 2.33 bits per heavy atom. The fourth-order valence-corrected chi connectivity index (χ4v) is 3.12. The molecular formula is C18H20N2O9S. The van der Waals surface area contributed by atoms with Gasteiger partial charge in [0.25, 0.3) is 15.7 Å². The number of ketones is 1. The van der Waals surface area contributed by atoms with Gasteiger partial charge in [-0.1, -0.05) is 24.3 Å². The first kappa shape index (κ1) is 23.0. The van der Waals surface area contributed by atoms with Crippen molar-refractivity contribution in [2.45, 2.75) is 26.3 Å². The molecule has 0 aliphatic heterocycles. The zero-order valence-corrected chi connectivity index (χ0v) is 17.0. The summed E-state index contributed by atoms with van der Waals surface area (Å²) in [6, 6.07) is 6.33. The number of rotatable bonds is 8. The molecule has 2 aromatic rings. The molecule has 0 spiro atoms. The molecule has 0 radical (unpaired) electrons. The third kappa shape index (κ3) is 6.12. The molecule has 1 aromatic heterocycles. The lowest BCUT2D eigenvalue weighted by Crippen LogP contribution is -2.38. The van der Waals surface area contributed by atoms with Crippen LogP contribution in [0.5, 0.6) is 5.88 Å². The quantitative estimate of drug-likeness (QED) is 0.343. The molecule has 0 atom stereocenters. The van der Waals surface area contributed by atoms with E-state index in [1.54, 1.807) is 24.3 Å². The topological polar surface area (TPSA) is 162 Å². The maximum absolute atomic E-state index is 12.9. The highest BCUT2D eigenvalue weighted by molar-refractivity contribution is 7.85.